The van der Waals surface area contributed by atoms with Gasteiger partial charge in [0.25, 0.3) is 0 Å². The quantitative estimate of drug-likeness (QED) is 0.238. The summed E-state index contributed by atoms with van der Waals surface area (Å²) < 4.78 is 3.20. The Balaban J connectivity index is 1.11. The lowest BCUT2D eigenvalue weighted by Gasteiger charge is -2.39. The van der Waals surface area contributed by atoms with Crippen molar-refractivity contribution in [3.63, 3.8) is 0 Å². The van der Waals surface area contributed by atoms with Crippen LogP contribution < -0.4 is 16.7 Å². The zero-order valence-electron chi connectivity index (χ0n) is 27.1. The van der Waals surface area contributed by atoms with Crippen LogP contribution in [0, 0.1) is 0 Å². The number of carbonyl (C=O) groups is 2. The third-order valence-electron chi connectivity index (χ3n) is 10.1. The summed E-state index contributed by atoms with van der Waals surface area (Å²) in [5, 5.41) is 3.70. The Hall–Kier alpha value is -2.80. The Morgan fingerprint density at radius 3 is 2.17 bits per heavy atom. The number of H-pyrrole nitrogens is 1. The molecule has 3 amide bonds. The molecule has 3 aliphatic rings. The number of imidazole rings is 1. The van der Waals surface area contributed by atoms with E-state index in [1.807, 2.05) is 41.4 Å². The molecule has 2 aromatic carbocycles. The molecule has 0 bridgehead atoms. The van der Waals surface area contributed by atoms with E-state index in [-0.39, 0.29) is 23.7 Å². The summed E-state index contributed by atoms with van der Waals surface area (Å²) in [6.07, 6.45) is 10.5. The standard InChI is InChI=1S/C35H44Br2ClN7O3/c36-28-18-23(19-29(37)32(28)39)20-30(33(46)43-14-8-26(9-15-43)42-12-3-1-2-4-13-42)40-34(47)44-16-10-27(11-17-44)45-22-31(41-35(45)48)24-6-5-7-25(38)21-24/h5-7,18-19,21-22,26-27,30H,1-4,8-17,20,39H2,(H,40,47)(H,41,48)/t30-/m1/s1. The van der Waals surface area contributed by atoms with E-state index in [4.69, 9.17) is 17.3 Å². The molecule has 6 rings (SSSR count). The Labute approximate surface area is 303 Å². The number of piperidine rings is 2. The van der Waals surface area contributed by atoms with Crippen LogP contribution in [0.1, 0.15) is 63.0 Å². The third-order valence-corrected chi connectivity index (χ3v) is 11.7. The van der Waals surface area contributed by atoms with Crippen molar-refractivity contribution in [1.82, 2.24) is 29.6 Å². The van der Waals surface area contributed by atoms with Gasteiger partial charge in [-0.1, -0.05) is 36.6 Å². The Kier molecular flexibility index (Phi) is 11.6. The first-order valence-corrected chi connectivity index (χ1v) is 19.0. The molecule has 48 heavy (non-hydrogen) atoms. The molecule has 0 unspecified atom stereocenters. The topological polar surface area (TPSA) is 120 Å². The van der Waals surface area contributed by atoms with Crippen LogP contribution in [0.5, 0.6) is 0 Å². The van der Waals surface area contributed by atoms with Gasteiger partial charge in [-0.05, 0) is 113 Å². The smallest absolute Gasteiger partial charge is 0.326 e. The second-order valence-corrected chi connectivity index (χ2v) is 15.4. The number of nitrogens with one attached hydrogen (secondary N) is 2. The van der Waals surface area contributed by atoms with E-state index in [1.165, 1.54) is 25.7 Å². The van der Waals surface area contributed by atoms with Crippen molar-refractivity contribution in [1.29, 1.82) is 0 Å². The molecule has 1 aromatic heterocycles. The summed E-state index contributed by atoms with van der Waals surface area (Å²) in [7, 11) is 0. The highest BCUT2D eigenvalue weighted by atomic mass is 79.9. The molecular formula is C35H44Br2ClN7O3. The van der Waals surface area contributed by atoms with Crippen LogP contribution in [0.4, 0.5) is 10.5 Å². The molecule has 13 heteroatoms. The predicted molar refractivity (Wildman–Crippen MR) is 197 cm³/mol. The molecule has 10 nitrogen and oxygen atoms in total. The van der Waals surface area contributed by atoms with Gasteiger partial charge in [0.1, 0.15) is 6.04 Å². The van der Waals surface area contributed by atoms with Crippen molar-refractivity contribution in [2.45, 2.75) is 75.9 Å². The molecule has 0 radical (unpaired) electrons. The van der Waals surface area contributed by atoms with Gasteiger partial charge in [-0.15, -0.1) is 0 Å². The average Bonchev–Trinajstić information content (AvgIpc) is 3.28. The fourth-order valence-corrected chi connectivity index (χ4v) is 8.87. The minimum absolute atomic E-state index is 0.0434. The number of benzene rings is 2. The van der Waals surface area contributed by atoms with E-state index in [0.717, 1.165) is 46.0 Å². The van der Waals surface area contributed by atoms with Crippen LogP contribution in [0.2, 0.25) is 5.02 Å². The number of hydrogen-bond donors (Lipinski definition) is 3. The maximum Gasteiger partial charge on any atom is 0.326 e. The Morgan fingerprint density at radius 2 is 1.52 bits per heavy atom. The third kappa shape index (κ3) is 8.31. The number of rotatable bonds is 7. The second-order valence-electron chi connectivity index (χ2n) is 13.3. The van der Waals surface area contributed by atoms with Crippen LogP contribution >= 0.6 is 43.5 Å². The van der Waals surface area contributed by atoms with Gasteiger partial charge in [0, 0.05) is 70.4 Å². The summed E-state index contributed by atoms with van der Waals surface area (Å²) in [6, 6.07) is 10.7. The maximum atomic E-state index is 14.1. The average molecular weight is 806 g/mol. The van der Waals surface area contributed by atoms with Crippen molar-refractivity contribution >= 4 is 61.1 Å². The lowest BCUT2D eigenvalue weighted by molar-refractivity contribution is -0.134. The number of hydrogen-bond acceptors (Lipinski definition) is 5. The predicted octanol–water partition coefficient (Wildman–Crippen LogP) is 6.43. The summed E-state index contributed by atoms with van der Waals surface area (Å²) in [6.45, 7) is 4.63. The van der Waals surface area contributed by atoms with E-state index in [1.54, 1.807) is 15.5 Å². The number of aromatic amines is 1. The van der Waals surface area contributed by atoms with Gasteiger partial charge in [0.05, 0.1) is 11.4 Å². The summed E-state index contributed by atoms with van der Waals surface area (Å²) >= 11 is 13.2. The highest BCUT2D eigenvalue weighted by Gasteiger charge is 2.33. The zero-order chi connectivity index (χ0) is 33.8. The van der Waals surface area contributed by atoms with Crippen LogP contribution in [-0.4, -0.2) is 87.5 Å². The number of urea groups is 1. The van der Waals surface area contributed by atoms with Crippen molar-refractivity contribution in [2.24, 2.45) is 0 Å². The molecule has 3 aliphatic heterocycles. The number of halogens is 3. The fraction of sp³-hybridized carbons (Fsp3) is 0.514. The van der Waals surface area contributed by atoms with Crippen LogP contribution in [0.15, 0.2) is 56.3 Å². The van der Waals surface area contributed by atoms with Gasteiger partial charge in [0.15, 0.2) is 0 Å². The van der Waals surface area contributed by atoms with Crippen molar-refractivity contribution < 1.29 is 9.59 Å². The van der Waals surface area contributed by atoms with Gasteiger partial charge >= 0.3 is 11.7 Å². The molecular weight excluding hydrogens is 762 g/mol. The van der Waals surface area contributed by atoms with Gasteiger partial charge in [-0.2, -0.15) is 0 Å². The van der Waals surface area contributed by atoms with E-state index in [2.05, 4.69) is 47.1 Å². The number of nitrogen functional groups attached to an aromatic ring is 1. The van der Waals surface area contributed by atoms with E-state index in [0.29, 0.717) is 67.9 Å². The van der Waals surface area contributed by atoms with Crippen LogP contribution in [-0.2, 0) is 11.2 Å². The molecule has 3 aromatic rings. The van der Waals surface area contributed by atoms with Crippen molar-refractivity contribution in [3.05, 3.63) is 72.6 Å². The normalized spacial score (nSPS) is 19.2. The van der Waals surface area contributed by atoms with Crippen LogP contribution in [0.25, 0.3) is 11.3 Å². The van der Waals surface area contributed by atoms with Gasteiger partial charge < -0.3 is 30.7 Å². The van der Waals surface area contributed by atoms with E-state index >= 15 is 0 Å². The number of nitrogens with zero attached hydrogens (tertiary/aromatic N) is 4. The monoisotopic (exact) mass is 803 g/mol. The number of anilines is 1. The van der Waals surface area contributed by atoms with Gasteiger partial charge in [-0.25, -0.2) is 9.59 Å². The van der Waals surface area contributed by atoms with Gasteiger partial charge in [0.2, 0.25) is 5.91 Å². The Bertz CT molecular complexity index is 1630. The number of nitrogens with two attached hydrogens (primary N) is 1. The minimum atomic E-state index is -0.722. The molecule has 258 valence electrons. The summed E-state index contributed by atoms with van der Waals surface area (Å²) in [5.41, 5.74) is 8.99. The highest BCUT2D eigenvalue weighted by molar-refractivity contribution is 9.11. The van der Waals surface area contributed by atoms with E-state index in [9.17, 15) is 14.4 Å². The SMILES string of the molecule is Nc1c(Br)cc(C[C@@H](NC(=O)N2CCC(n3cc(-c4cccc(Cl)c4)[nH]c3=O)CC2)C(=O)N2CCC(N3CCCCCC3)CC2)cc1Br. The molecule has 4 heterocycles. The maximum absolute atomic E-state index is 14.1. The minimum Gasteiger partial charge on any atom is -0.397 e. The molecule has 0 aliphatic carbocycles. The van der Waals surface area contributed by atoms with E-state index < -0.39 is 6.04 Å². The number of aromatic nitrogens is 2. The van der Waals surface area contributed by atoms with Gasteiger partial charge in [-0.3, -0.25) is 9.36 Å². The number of likely N-dealkylation sites (tertiary alicyclic amines) is 3. The van der Waals surface area contributed by atoms with Crippen molar-refractivity contribution in [2.75, 3.05) is 45.0 Å². The molecule has 3 saturated heterocycles. The largest absolute Gasteiger partial charge is 0.397 e. The molecule has 3 fully saturated rings. The molecule has 0 saturated carbocycles. The molecule has 1 atom stereocenters. The lowest BCUT2D eigenvalue weighted by Crippen LogP contribution is -2.56. The summed E-state index contributed by atoms with van der Waals surface area (Å²) in [4.78, 5) is 49.9. The van der Waals surface area contributed by atoms with Crippen LogP contribution in [0.3, 0.4) is 0 Å². The fourth-order valence-electron chi connectivity index (χ4n) is 7.39. The number of amides is 3. The molecule has 4 N–H and O–H groups in total. The molecule has 0 spiro atoms. The second kappa shape index (κ2) is 15.8. The lowest BCUT2D eigenvalue weighted by atomic mass is 9.99. The Morgan fingerprint density at radius 1 is 0.896 bits per heavy atom. The van der Waals surface area contributed by atoms with Crippen molar-refractivity contribution in [3.8, 4) is 11.3 Å². The first-order valence-electron chi connectivity index (χ1n) is 17.0. The number of carbonyl (C=O) groups excluding carboxylic acids is 2. The summed E-state index contributed by atoms with van der Waals surface area (Å²) in [5.74, 6) is -0.0518. The first-order chi connectivity index (χ1) is 23.2. The zero-order valence-corrected chi connectivity index (χ0v) is 31.0. The first kappa shape index (κ1) is 35.0. The highest BCUT2D eigenvalue weighted by Crippen LogP contribution is 2.31.